The first kappa shape index (κ1) is 26.4. The first-order valence-electron chi connectivity index (χ1n) is 8.75. The predicted octanol–water partition coefficient (Wildman–Crippen LogP) is 0.517. The van der Waals surface area contributed by atoms with E-state index in [0.717, 1.165) is 25.3 Å². The summed E-state index contributed by atoms with van der Waals surface area (Å²) in [5.74, 6) is -0.991. The first-order valence-corrected chi connectivity index (χ1v) is 10.3. The van der Waals surface area contributed by atoms with E-state index in [1.165, 1.54) is 44.9 Å². The molecule has 0 rings (SSSR count). The van der Waals surface area contributed by atoms with Gasteiger partial charge in [0.1, 0.15) is 0 Å². The minimum atomic E-state index is -4.34. The number of unbranched alkanes of at least 4 members (excludes halogenated alkanes) is 9. The van der Waals surface area contributed by atoms with Gasteiger partial charge in [-0.25, -0.2) is 8.42 Å². The van der Waals surface area contributed by atoms with Crippen LogP contribution in [0.5, 0.6) is 0 Å². The van der Waals surface area contributed by atoms with E-state index >= 15 is 0 Å². The van der Waals surface area contributed by atoms with Gasteiger partial charge in [-0.05, 0) is 12.5 Å². The number of carbonyl (C=O) groups is 1. The van der Waals surface area contributed by atoms with Crippen molar-refractivity contribution in [2.45, 2.75) is 83.6 Å². The van der Waals surface area contributed by atoms with Crippen molar-refractivity contribution in [2.24, 2.45) is 0 Å². The number of amides is 1. The van der Waals surface area contributed by atoms with Crippen LogP contribution in [-0.2, 0) is 14.9 Å². The van der Waals surface area contributed by atoms with Crippen molar-refractivity contribution in [3.63, 3.8) is 0 Å². The zero-order valence-electron chi connectivity index (χ0n) is 15.4. The van der Waals surface area contributed by atoms with Crippen molar-refractivity contribution in [3.8, 4) is 0 Å². The Bertz CT molecular complexity index is 426. The van der Waals surface area contributed by atoms with Crippen molar-refractivity contribution >= 4 is 16.0 Å². The van der Waals surface area contributed by atoms with Crippen molar-refractivity contribution in [1.82, 2.24) is 5.32 Å². The zero-order valence-corrected chi connectivity index (χ0v) is 18.2. The fourth-order valence-corrected chi connectivity index (χ4v) is 3.32. The molecule has 0 aromatic rings. The largest absolute Gasteiger partial charge is 1.00 e. The maximum absolute atomic E-state index is 11.3. The SMILES string of the molecule is C=CC(=O)NC(CCCCCCCCCCCC)CS(=O)(=O)[O-].[Na+]. The molecule has 0 bridgehead atoms. The predicted molar refractivity (Wildman–Crippen MR) is 93.2 cm³/mol. The van der Waals surface area contributed by atoms with Crippen molar-refractivity contribution < 1.29 is 47.3 Å². The van der Waals surface area contributed by atoms with E-state index in [2.05, 4.69) is 18.8 Å². The van der Waals surface area contributed by atoms with E-state index in [1.807, 2.05) is 0 Å². The molecule has 0 saturated carbocycles. The molecule has 1 amide bonds. The van der Waals surface area contributed by atoms with Crippen molar-refractivity contribution in [2.75, 3.05) is 5.75 Å². The van der Waals surface area contributed by atoms with E-state index in [-0.39, 0.29) is 29.6 Å². The van der Waals surface area contributed by atoms with Crippen LogP contribution in [0.25, 0.3) is 0 Å². The Balaban J connectivity index is 0. The van der Waals surface area contributed by atoms with Gasteiger partial charge in [0.25, 0.3) is 0 Å². The normalized spacial score (nSPS) is 12.2. The average molecular weight is 370 g/mol. The number of nitrogens with one attached hydrogen (secondary N) is 1. The van der Waals surface area contributed by atoms with Gasteiger partial charge in [0, 0.05) is 6.04 Å². The van der Waals surface area contributed by atoms with Crippen LogP contribution in [0.4, 0.5) is 0 Å². The summed E-state index contributed by atoms with van der Waals surface area (Å²) in [6.45, 7) is 5.54. The molecule has 0 aromatic heterocycles. The van der Waals surface area contributed by atoms with Crippen molar-refractivity contribution in [1.29, 1.82) is 0 Å². The Morgan fingerprint density at radius 1 is 1.04 bits per heavy atom. The van der Waals surface area contributed by atoms with Crippen LogP contribution in [0.15, 0.2) is 12.7 Å². The van der Waals surface area contributed by atoms with E-state index < -0.39 is 27.8 Å². The Morgan fingerprint density at radius 3 is 1.92 bits per heavy atom. The van der Waals surface area contributed by atoms with Crippen LogP contribution < -0.4 is 34.9 Å². The molecule has 5 nitrogen and oxygen atoms in total. The maximum Gasteiger partial charge on any atom is 1.00 e. The van der Waals surface area contributed by atoms with Crippen LogP contribution in [0, 0.1) is 0 Å². The molecular weight excluding hydrogens is 337 g/mol. The fourth-order valence-electron chi connectivity index (χ4n) is 2.58. The quantitative estimate of drug-likeness (QED) is 0.197. The van der Waals surface area contributed by atoms with Gasteiger partial charge in [-0.2, -0.15) is 0 Å². The summed E-state index contributed by atoms with van der Waals surface area (Å²) in [4.78, 5) is 11.3. The number of carbonyl (C=O) groups excluding carboxylic acids is 1. The minimum absolute atomic E-state index is 0. The summed E-state index contributed by atoms with van der Waals surface area (Å²) < 4.78 is 32.6. The van der Waals surface area contributed by atoms with Crippen LogP contribution in [0.1, 0.15) is 77.6 Å². The standard InChI is InChI=1S/C17H33NO4S.Na/c1-3-5-6-7-8-9-10-11-12-13-14-16(15-23(20,21)22)18-17(19)4-2;/h4,16H,2-3,5-15H2,1H3,(H,18,19)(H,20,21,22);/q;+1/p-1. The van der Waals surface area contributed by atoms with Crippen LogP contribution in [0.2, 0.25) is 0 Å². The number of hydrogen-bond donors (Lipinski definition) is 1. The second-order valence-corrected chi connectivity index (χ2v) is 7.55. The van der Waals surface area contributed by atoms with Gasteiger partial charge in [0.05, 0.1) is 15.9 Å². The maximum atomic E-state index is 11.3. The third-order valence-electron chi connectivity index (χ3n) is 3.84. The first-order chi connectivity index (χ1) is 10.9. The smallest absolute Gasteiger partial charge is 0.748 e. The van der Waals surface area contributed by atoms with Gasteiger partial charge in [0.15, 0.2) is 0 Å². The summed E-state index contributed by atoms with van der Waals surface area (Å²) >= 11 is 0. The van der Waals surface area contributed by atoms with Gasteiger partial charge < -0.3 is 9.87 Å². The van der Waals surface area contributed by atoms with E-state index in [1.54, 1.807) is 0 Å². The minimum Gasteiger partial charge on any atom is -0.748 e. The van der Waals surface area contributed by atoms with E-state index in [9.17, 15) is 17.8 Å². The summed E-state index contributed by atoms with van der Waals surface area (Å²) in [6, 6.07) is -0.614. The molecule has 0 aromatic carbocycles. The van der Waals surface area contributed by atoms with Gasteiger partial charge in [-0.15, -0.1) is 0 Å². The van der Waals surface area contributed by atoms with Crippen LogP contribution in [-0.4, -0.2) is 30.7 Å². The molecule has 7 heteroatoms. The molecule has 136 valence electrons. The average Bonchev–Trinajstić information content (AvgIpc) is 2.47. The van der Waals surface area contributed by atoms with Crippen LogP contribution >= 0.6 is 0 Å². The fraction of sp³-hybridized carbons (Fsp3) is 0.824. The molecule has 0 heterocycles. The molecule has 1 unspecified atom stereocenters. The Hall–Kier alpha value is 0.120. The Labute approximate surface area is 170 Å². The molecule has 0 aliphatic rings. The van der Waals surface area contributed by atoms with Gasteiger partial charge in [-0.3, -0.25) is 4.79 Å². The molecule has 0 spiro atoms. The summed E-state index contributed by atoms with van der Waals surface area (Å²) in [7, 11) is -4.34. The topological polar surface area (TPSA) is 86.3 Å². The monoisotopic (exact) mass is 369 g/mol. The molecule has 24 heavy (non-hydrogen) atoms. The van der Waals surface area contributed by atoms with Gasteiger partial charge in [-0.1, -0.05) is 77.7 Å². The second-order valence-electron chi connectivity index (χ2n) is 6.10. The van der Waals surface area contributed by atoms with E-state index in [4.69, 9.17) is 0 Å². The number of rotatable bonds is 15. The molecule has 0 radical (unpaired) electrons. The van der Waals surface area contributed by atoms with Crippen LogP contribution in [0.3, 0.4) is 0 Å². The third kappa shape index (κ3) is 18.5. The molecule has 0 aliphatic heterocycles. The molecular formula is C17H32NNaO4S. The third-order valence-corrected chi connectivity index (χ3v) is 4.65. The molecule has 0 fully saturated rings. The zero-order chi connectivity index (χ0) is 17.6. The van der Waals surface area contributed by atoms with Gasteiger partial charge >= 0.3 is 29.6 Å². The summed E-state index contributed by atoms with van der Waals surface area (Å²) in [5.41, 5.74) is 0. The summed E-state index contributed by atoms with van der Waals surface area (Å²) in [5, 5.41) is 2.52. The number of hydrogen-bond acceptors (Lipinski definition) is 4. The second kappa shape index (κ2) is 16.6. The Kier molecular flexibility index (Phi) is 18.2. The molecule has 1 atom stereocenters. The van der Waals surface area contributed by atoms with E-state index in [0.29, 0.717) is 6.42 Å². The molecule has 1 N–H and O–H groups in total. The molecule has 0 saturated heterocycles. The summed E-state index contributed by atoms with van der Waals surface area (Å²) in [6.07, 6.45) is 13.5. The van der Waals surface area contributed by atoms with Gasteiger partial charge in [0.2, 0.25) is 5.91 Å². The Morgan fingerprint density at radius 2 is 1.50 bits per heavy atom. The van der Waals surface area contributed by atoms with Crippen molar-refractivity contribution in [3.05, 3.63) is 12.7 Å². The molecule has 0 aliphatic carbocycles.